The van der Waals surface area contributed by atoms with Gasteiger partial charge in [-0.1, -0.05) is 17.9 Å². The molecule has 1 atom stereocenters. The molecule has 1 N–H and O–H groups in total. The van der Waals surface area contributed by atoms with Crippen LogP contribution in [-0.4, -0.2) is 22.7 Å². The van der Waals surface area contributed by atoms with Crippen molar-refractivity contribution in [1.29, 1.82) is 0 Å². The van der Waals surface area contributed by atoms with Crippen molar-refractivity contribution < 1.29 is 9.53 Å². The van der Waals surface area contributed by atoms with Crippen LogP contribution in [0.3, 0.4) is 0 Å². The minimum atomic E-state index is -0.273. The Kier molecular flexibility index (Phi) is 3.08. The molecule has 0 bridgehead atoms. The van der Waals surface area contributed by atoms with E-state index in [1.165, 1.54) is 17.4 Å². The lowest BCUT2D eigenvalue weighted by molar-refractivity contribution is -0.111. The maximum Gasteiger partial charge on any atom is 0.249 e. The number of nitrogens with one attached hydrogen (secondary N) is 1. The van der Waals surface area contributed by atoms with Gasteiger partial charge < -0.3 is 4.74 Å². The number of aromatic nitrogens is 2. The van der Waals surface area contributed by atoms with Crippen molar-refractivity contribution >= 4 is 22.4 Å². The average Bonchev–Trinajstić information content (AvgIpc) is 2.85. The predicted molar refractivity (Wildman–Crippen MR) is 56.7 cm³/mol. The molecule has 15 heavy (non-hydrogen) atoms. The third-order valence-corrected chi connectivity index (χ3v) is 2.99. The standard InChI is InChI=1S/C9H11N3O2S/c1-2-7(13)10-9-12-11-8(15-9)6-4-3-5-14-6/h2,6H,1,3-5H2,(H,10,12,13). The Morgan fingerprint density at radius 3 is 3.20 bits per heavy atom. The molecule has 1 aliphatic heterocycles. The summed E-state index contributed by atoms with van der Waals surface area (Å²) in [6, 6.07) is 0. The van der Waals surface area contributed by atoms with E-state index in [1.807, 2.05) is 0 Å². The summed E-state index contributed by atoms with van der Waals surface area (Å²) in [5.41, 5.74) is 0. The highest BCUT2D eigenvalue weighted by Crippen LogP contribution is 2.31. The quantitative estimate of drug-likeness (QED) is 0.792. The van der Waals surface area contributed by atoms with Crippen molar-refractivity contribution in [1.82, 2.24) is 10.2 Å². The van der Waals surface area contributed by atoms with Gasteiger partial charge >= 0.3 is 0 Å². The molecule has 6 heteroatoms. The summed E-state index contributed by atoms with van der Waals surface area (Å²) in [5, 5.41) is 11.7. The number of amides is 1. The highest BCUT2D eigenvalue weighted by molar-refractivity contribution is 7.15. The van der Waals surface area contributed by atoms with Gasteiger partial charge in [-0.3, -0.25) is 10.1 Å². The first-order valence-corrected chi connectivity index (χ1v) is 5.49. The number of rotatable bonds is 3. The second-order valence-electron chi connectivity index (χ2n) is 3.14. The van der Waals surface area contributed by atoms with Gasteiger partial charge in [0.2, 0.25) is 11.0 Å². The van der Waals surface area contributed by atoms with Gasteiger partial charge in [0.15, 0.2) is 0 Å². The van der Waals surface area contributed by atoms with Crippen LogP contribution < -0.4 is 5.32 Å². The molecule has 1 unspecified atom stereocenters. The molecule has 0 aliphatic carbocycles. The molecule has 0 spiro atoms. The van der Waals surface area contributed by atoms with E-state index in [0.29, 0.717) is 5.13 Å². The summed E-state index contributed by atoms with van der Waals surface area (Å²) < 4.78 is 5.46. The Bertz CT molecular complexity index is 371. The Morgan fingerprint density at radius 2 is 2.53 bits per heavy atom. The summed E-state index contributed by atoms with van der Waals surface area (Å²) in [7, 11) is 0. The van der Waals surface area contributed by atoms with Gasteiger partial charge in [-0.05, 0) is 18.9 Å². The third kappa shape index (κ3) is 2.40. The van der Waals surface area contributed by atoms with E-state index in [4.69, 9.17) is 4.74 Å². The van der Waals surface area contributed by atoms with E-state index in [1.54, 1.807) is 0 Å². The van der Waals surface area contributed by atoms with Crippen molar-refractivity contribution in [3.05, 3.63) is 17.7 Å². The highest BCUT2D eigenvalue weighted by atomic mass is 32.1. The number of hydrogen-bond acceptors (Lipinski definition) is 5. The fourth-order valence-corrected chi connectivity index (χ4v) is 2.17. The normalized spacial score (nSPS) is 20.1. The second-order valence-corrected chi connectivity index (χ2v) is 4.15. The van der Waals surface area contributed by atoms with Crippen LogP contribution in [0.5, 0.6) is 0 Å². The SMILES string of the molecule is C=CC(=O)Nc1nnc(C2CCCO2)s1. The summed E-state index contributed by atoms with van der Waals surface area (Å²) >= 11 is 1.35. The Balaban J connectivity index is 2.03. The van der Waals surface area contributed by atoms with Gasteiger partial charge in [-0.2, -0.15) is 0 Å². The molecule has 1 aliphatic rings. The first kappa shape index (κ1) is 10.3. The van der Waals surface area contributed by atoms with Crippen molar-refractivity contribution in [2.75, 3.05) is 11.9 Å². The van der Waals surface area contributed by atoms with Gasteiger partial charge in [0.05, 0.1) is 0 Å². The lowest BCUT2D eigenvalue weighted by Gasteiger charge is -2.01. The van der Waals surface area contributed by atoms with E-state index in [-0.39, 0.29) is 12.0 Å². The second kappa shape index (κ2) is 4.50. The maximum absolute atomic E-state index is 11.0. The number of ether oxygens (including phenoxy) is 1. The molecule has 0 aromatic carbocycles. The number of hydrogen-bond donors (Lipinski definition) is 1. The number of nitrogens with zero attached hydrogens (tertiary/aromatic N) is 2. The predicted octanol–water partition coefficient (Wildman–Crippen LogP) is 1.51. The van der Waals surface area contributed by atoms with Gasteiger partial charge in [-0.15, -0.1) is 10.2 Å². The molecule has 1 saturated heterocycles. The van der Waals surface area contributed by atoms with Crippen LogP contribution in [0.1, 0.15) is 24.0 Å². The number of anilines is 1. The largest absolute Gasteiger partial charge is 0.371 e. The summed E-state index contributed by atoms with van der Waals surface area (Å²) in [5.74, 6) is -0.273. The smallest absolute Gasteiger partial charge is 0.249 e. The topological polar surface area (TPSA) is 64.1 Å². The fourth-order valence-electron chi connectivity index (χ4n) is 1.34. The van der Waals surface area contributed by atoms with Crippen molar-refractivity contribution in [2.24, 2.45) is 0 Å². The van der Waals surface area contributed by atoms with Crippen molar-refractivity contribution in [2.45, 2.75) is 18.9 Å². The Morgan fingerprint density at radius 1 is 1.67 bits per heavy atom. The van der Waals surface area contributed by atoms with Crippen molar-refractivity contribution in [3.63, 3.8) is 0 Å². The third-order valence-electron chi connectivity index (χ3n) is 2.06. The van der Waals surface area contributed by atoms with Gasteiger partial charge in [0, 0.05) is 6.61 Å². The summed E-state index contributed by atoms with van der Waals surface area (Å²) in [4.78, 5) is 11.0. The van der Waals surface area contributed by atoms with Gasteiger partial charge in [-0.25, -0.2) is 0 Å². The molecule has 1 aromatic heterocycles. The van der Waals surface area contributed by atoms with E-state index in [0.717, 1.165) is 24.5 Å². The summed E-state index contributed by atoms with van der Waals surface area (Å²) in [6.45, 7) is 4.14. The van der Waals surface area contributed by atoms with Crippen LogP contribution in [-0.2, 0) is 9.53 Å². The first-order chi connectivity index (χ1) is 7.29. The Labute approximate surface area is 91.2 Å². The van der Waals surface area contributed by atoms with E-state index in [2.05, 4.69) is 22.1 Å². The molecule has 0 saturated carbocycles. The van der Waals surface area contributed by atoms with Crippen molar-refractivity contribution in [3.8, 4) is 0 Å². The number of carbonyl (C=O) groups is 1. The molecule has 1 fully saturated rings. The van der Waals surface area contributed by atoms with E-state index >= 15 is 0 Å². The first-order valence-electron chi connectivity index (χ1n) is 4.68. The fraction of sp³-hybridized carbons (Fsp3) is 0.444. The number of carbonyl (C=O) groups excluding carboxylic acids is 1. The molecule has 1 amide bonds. The molecule has 1 aromatic rings. The Hall–Kier alpha value is -1.27. The molecule has 0 radical (unpaired) electrons. The van der Waals surface area contributed by atoms with Crippen LogP contribution in [0, 0.1) is 0 Å². The van der Waals surface area contributed by atoms with Gasteiger partial charge in [0.1, 0.15) is 11.1 Å². The lowest BCUT2D eigenvalue weighted by atomic mass is 10.2. The lowest BCUT2D eigenvalue weighted by Crippen LogP contribution is -2.06. The minimum absolute atomic E-state index is 0.0527. The molecule has 80 valence electrons. The highest BCUT2D eigenvalue weighted by Gasteiger charge is 2.21. The zero-order valence-corrected chi connectivity index (χ0v) is 8.92. The maximum atomic E-state index is 11.0. The minimum Gasteiger partial charge on any atom is -0.371 e. The van der Waals surface area contributed by atoms with Gasteiger partial charge in [0.25, 0.3) is 0 Å². The van der Waals surface area contributed by atoms with Crippen LogP contribution >= 0.6 is 11.3 Å². The zero-order valence-electron chi connectivity index (χ0n) is 8.10. The van der Waals surface area contributed by atoms with E-state index < -0.39 is 0 Å². The van der Waals surface area contributed by atoms with Crippen LogP contribution in [0.4, 0.5) is 5.13 Å². The molecular weight excluding hydrogens is 214 g/mol. The van der Waals surface area contributed by atoms with E-state index in [9.17, 15) is 4.79 Å². The zero-order chi connectivity index (χ0) is 10.7. The molecular formula is C9H11N3O2S. The van der Waals surface area contributed by atoms with Crippen LogP contribution in [0.2, 0.25) is 0 Å². The molecule has 2 rings (SSSR count). The summed E-state index contributed by atoms with van der Waals surface area (Å²) in [6.07, 6.45) is 3.28. The van der Waals surface area contributed by atoms with Crippen LogP contribution in [0.25, 0.3) is 0 Å². The monoisotopic (exact) mass is 225 g/mol. The molecule has 5 nitrogen and oxygen atoms in total. The molecule has 2 heterocycles. The average molecular weight is 225 g/mol. The van der Waals surface area contributed by atoms with Crippen LogP contribution in [0.15, 0.2) is 12.7 Å².